The number of aromatic amines is 1. The van der Waals surface area contributed by atoms with Crippen molar-refractivity contribution in [2.45, 2.75) is 37.8 Å². The molecule has 3 fully saturated rings. The van der Waals surface area contributed by atoms with E-state index in [0.29, 0.717) is 60.7 Å². The van der Waals surface area contributed by atoms with Crippen molar-refractivity contribution in [3.63, 3.8) is 0 Å². The molecule has 3 aliphatic heterocycles. The first-order chi connectivity index (χ1) is 22.4. The Bertz CT molecular complexity index is 1600. The first-order valence-electron chi connectivity index (χ1n) is 16.0. The molecule has 12 heteroatoms. The van der Waals surface area contributed by atoms with Crippen molar-refractivity contribution in [3.05, 3.63) is 86.6 Å². The van der Waals surface area contributed by atoms with E-state index >= 15 is 0 Å². The van der Waals surface area contributed by atoms with Crippen LogP contribution in [0.5, 0.6) is 0 Å². The first kappa shape index (κ1) is 32.4. The number of hydrogen-bond donors (Lipinski definition) is 2. The highest BCUT2D eigenvalue weighted by atomic mass is 35.5. The van der Waals surface area contributed by atoms with Gasteiger partial charge in [0.05, 0.1) is 15.7 Å². The minimum atomic E-state index is -0.263. The molecule has 2 aromatic carbocycles. The number of nitrogens with one attached hydrogen (secondary N) is 2. The van der Waals surface area contributed by atoms with Gasteiger partial charge in [0.25, 0.3) is 11.8 Å². The number of halogens is 2. The lowest BCUT2D eigenvalue weighted by Gasteiger charge is -2.41. The number of piperazine rings is 1. The summed E-state index contributed by atoms with van der Waals surface area (Å²) in [5.41, 5.74) is 2.23. The van der Waals surface area contributed by atoms with Gasteiger partial charge in [0.2, 0.25) is 0 Å². The van der Waals surface area contributed by atoms with Crippen LogP contribution in [-0.4, -0.2) is 101 Å². The van der Waals surface area contributed by atoms with E-state index in [1.165, 1.54) is 0 Å². The molecule has 244 valence electrons. The molecule has 2 N–H and O–H groups in total. The van der Waals surface area contributed by atoms with Crippen molar-refractivity contribution in [1.82, 2.24) is 29.6 Å². The van der Waals surface area contributed by atoms with Gasteiger partial charge >= 0.3 is 5.69 Å². The van der Waals surface area contributed by atoms with E-state index in [2.05, 4.69) is 15.2 Å². The molecule has 3 aromatic rings. The number of aromatic nitrogens is 2. The summed E-state index contributed by atoms with van der Waals surface area (Å²) in [6.07, 6.45) is 7.02. The molecule has 1 aromatic heterocycles. The number of amides is 2. The van der Waals surface area contributed by atoms with Crippen LogP contribution in [0.4, 0.5) is 0 Å². The standard InChI is InChI=1S/C34H40Cl2N6O4/c35-28-7-6-24(20-29(28)36)21-31(33(44)41-18-16-39(17-19-41)26-8-12-37-13-9-26)46-23-32(43)40-14-10-27(11-15-40)42-22-30(38-34(42)45)25-4-2-1-3-5-25/h1-7,20-22,26-27,37H,8-19,23H2,(H,38,45). The summed E-state index contributed by atoms with van der Waals surface area (Å²) in [6, 6.07) is 15.4. The molecule has 0 radical (unpaired) electrons. The Labute approximate surface area is 278 Å². The van der Waals surface area contributed by atoms with Crippen molar-refractivity contribution in [2.75, 3.05) is 59.0 Å². The van der Waals surface area contributed by atoms with Crippen LogP contribution in [0, 0.1) is 0 Å². The lowest BCUT2D eigenvalue weighted by Crippen LogP contribution is -2.54. The largest absolute Gasteiger partial charge is 0.478 e. The summed E-state index contributed by atoms with van der Waals surface area (Å²) in [4.78, 5) is 48.7. The third-order valence-electron chi connectivity index (χ3n) is 9.27. The highest BCUT2D eigenvalue weighted by Gasteiger charge is 2.30. The molecule has 2 amide bonds. The number of carbonyl (C=O) groups excluding carboxylic acids is 2. The maximum atomic E-state index is 13.7. The third-order valence-corrected chi connectivity index (χ3v) is 10.0. The Morgan fingerprint density at radius 2 is 1.57 bits per heavy atom. The Balaban J connectivity index is 1.08. The number of nitrogens with zero attached hydrogens (tertiary/aromatic N) is 4. The van der Waals surface area contributed by atoms with E-state index in [4.69, 9.17) is 27.9 Å². The smallest absolute Gasteiger partial charge is 0.326 e. The lowest BCUT2D eigenvalue weighted by molar-refractivity contribution is -0.139. The van der Waals surface area contributed by atoms with Gasteiger partial charge in [-0.1, -0.05) is 59.6 Å². The number of ether oxygens (including phenoxy) is 1. The second kappa shape index (κ2) is 14.9. The monoisotopic (exact) mass is 666 g/mol. The minimum Gasteiger partial charge on any atom is -0.478 e. The molecule has 0 atom stereocenters. The zero-order valence-electron chi connectivity index (χ0n) is 25.8. The fourth-order valence-corrected chi connectivity index (χ4v) is 6.91. The highest BCUT2D eigenvalue weighted by molar-refractivity contribution is 6.42. The molecule has 3 saturated heterocycles. The van der Waals surface area contributed by atoms with Crippen LogP contribution in [-0.2, 0) is 14.3 Å². The highest BCUT2D eigenvalue weighted by Crippen LogP contribution is 2.26. The molecule has 0 saturated carbocycles. The summed E-state index contributed by atoms with van der Waals surface area (Å²) in [5.74, 6) is -0.346. The summed E-state index contributed by atoms with van der Waals surface area (Å²) in [5, 5.41) is 4.20. The van der Waals surface area contributed by atoms with Gasteiger partial charge in [0.15, 0.2) is 12.4 Å². The van der Waals surface area contributed by atoms with Crippen LogP contribution in [0.25, 0.3) is 17.3 Å². The number of H-pyrrole nitrogens is 1. The molecule has 10 nitrogen and oxygen atoms in total. The van der Waals surface area contributed by atoms with Crippen LogP contribution in [0.1, 0.15) is 37.3 Å². The number of hydrogen-bond acceptors (Lipinski definition) is 6. The van der Waals surface area contributed by atoms with Gasteiger partial charge in [0, 0.05) is 57.5 Å². The maximum absolute atomic E-state index is 13.7. The Morgan fingerprint density at radius 1 is 0.848 bits per heavy atom. The van der Waals surface area contributed by atoms with E-state index in [0.717, 1.165) is 50.3 Å². The van der Waals surface area contributed by atoms with Crippen molar-refractivity contribution in [2.24, 2.45) is 0 Å². The second-order valence-electron chi connectivity index (χ2n) is 12.1. The van der Waals surface area contributed by atoms with Crippen LogP contribution >= 0.6 is 23.2 Å². The molecule has 0 spiro atoms. The molecule has 0 bridgehead atoms. The average molecular weight is 668 g/mol. The lowest BCUT2D eigenvalue weighted by atomic mass is 10.0. The minimum absolute atomic E-state index is 0.0126. The van der Waals surface area contributed by atoms with E-state index in [9.17, 15) is 14.4 Å². The second-order valence-corrected chi connectivity index (χ2v) is 13.0. The quantitative estimate of drug-likeness (QED) is 0.275. The van der Waals surface area contributed by atoms with E-state index in [1.807, 2.05) is 36.5 Å². The molecule has 6 rings (SSSR count). The molecule has 46 heavy (non-hydrogen) atoms. The fourth-order valence-electron chi connectivity index (χ4n) is 6.61. The summed E-state index contributed by atoms with van der Waals surface area (Å²) in [6.45, 7) is 5.57. The topological polar surface area (TPSA) is 103 Å². The van der Waals surface area contributed by atoms with Gasteiger partial charge in [-0.05, 0) is 68.1 Å². The SMILES string of the molecule is O=C(COC(=Cc1ccc(Cl)c(Cl)c1)C(=O)N1CCN(C2CCNCC2)CC1)N1CCC(n2cc(-c3ccccc3)[nH]c2=O)CC1. The Hall–Kier alpha value is -3.57. The predicted molar refractivity (Wildman–Crippen MR) is 180 cm³/mol. The van der Waals surface area contributed by atoms with Crippen LogP contribution in [0.2, 0.25) is 10.0 Å². The van der Waals surface area contributed by atoms with Crippen LogP contribution < -0.4 is 11.0 Å². The number of piperidine rings is 2. The van der Waals surface area contributed by atoms with Gasteiger partial charge in [0.1, 0.15) is 0 Å². The molecule has 0 aliphatic carbocycles. The number of rotatable bonds is 8. The molecule has 3 aliphatic rings. The van der Waals surface area contributed by atoms with Crippen molar-refractivity contribution >= 4 is 41.1 Å². The molecular weight excluding hydrogens is 627 g/mol. The predicted octanol–water partition coefficient (Wildman–Crippen LogP) is 4.27. The average Bonchev–Trinajstić information content (AvgIpc) is 3.50. The van der Waals surface area contributed by atoms with Crippen LogP contribution in [0.3, 0.4) is 0 Å². The maximum Gasteiger partial charge on any atom is 0.326 e. The van der Waals surface area contributed by atoms with Gasteiger partial charge in [-0.25, -0.2) is 4.79 Å². The van der Waals surface area contributed by atoms with Gasteiger partial charge in [-0.15, -0.1) is 0 Å². The Morgan fingerprint density at radius 3 is 2.26 bits per heavy atom. The van der Waals surface area contributed by atoms with Crippen LogP contribution in [0.15, 0.2) is 65.3 Å². The van der Waals surface area contributed by atoms with Crippen molar-refractivity contribution in [1.29, 1.82) is 0 Å². The first-order valence-corrected chi connectivity index (χ1v) is 16.8. The normalized spacial score (nSPS) is 19.0. The van der Waals surface area contributed by atoms with Gasteiger partial charge in [-0.3, -0.25) is 19.1 Å². The third kappa shape index (κ3) is 7.69. The molecular formula is C34H40Cl2N6O4. The number of likely N-dealkylation sites (tertiary alicyclic amines) is 1. The zero-order chi connectivity index (χ0) is 32.0. The van der Waals surface area contributed by atoms with Crippen molar-refractivity contribution in [3.8, 4) is 11.3 Å². The van der Waals surface area contributed by atoms with Gasteiger partial charge in [-0.2, -0.15) is 0 Å². The summed E-state index contributed by atoms with van der Waals surface area (Å²) < 4.78 is 7.73. The number of imidazole rings is 1. The molecule has 0 unspecified atom stereocenters. The van der Waals surface area contributed by atoms with E-state index in [-0.39, 0.29) is 35.9 Å². The van der Waals surface area contributed by atoms with E-state index < -0.39 is 0 Å². The fraction of sp³-hybridized carbons (Fsp3) is 0.441. The van der Waals surface area contributed by atoms with Crippen molar-refractivity contribution < 1.29 is 14.3 Å². The number of carbonyl (C=O) groups is 2. The van der Waals surface area contributed by atoms with Gasteiger partial charge < -0.3 is 24.8 Å². The number of benzene rings is 2. The summed E-state index contributed by atoms with van der Waals surface area (Å²) >= 11 is 12.4. The summed E-state index contributed by atoms with van der Waals surface area (Å²) in [7, 11) is 0. The van der Waals surface area contributed by atoms with E-state index in [1.54, 1.807) is 38.6 Å². The zero-order valence-corrected chi connectivity index (χ0v) is 27.3. The molecule has 4 heterocycles. The Kier molecular flexibility index (Phi) is 10.5.